The topological polar surface area (TPSA) is 152 Å². The van der Waals surface area contributed by atoms with Crippen LogP contribution in [0.3, 0.4) is 0 Å². The van der Waals surface area contributed by atoms with Crippen molar-refractivity contribution in [3.63, 3.8) is 0 Å². The number of nitrogen functional groups attached to an aromatic ring is 2. The molecule has 6 N–H and O–H groups in total. The van der Waals surface area contributed by atoms with E-state index in [4.69, 9.17) is 11.5 Å². The van der Waals surface area contributed by atoms with Crippen molar-refractivity contribution in [1.82, 2.24) is 30.8 Å². The van der Waals surface area contributed by atoms with Gasteiger partial charge in [-0.25, -0.2) is 19.9 Å². The molecule has 20 heavy (non-hydrogen) atoms. The van der Waals surface area contributed by atoms with E-state index in [1.165, 1.54) is 25.0 Å². The molecular formula is C10H10N10. The van der Waals surface area contributed by atoms with E-state index in [9.17, 15) is 0 Å². The number of nitrogens with two attached hydrogens (primary N) is 2. The molecule has 3 rings (SSSR count). The van der Waals surface area contributed by atoms with Crippen LogP contribution in [0.15, 0.2) is 35.3 Å². The summed E-state index contributed by atoms with van der Waals surface area (Å²) in [5.74, 6) is 0.752. The first kappa shape index (κ1) is 11.8. The van der Waals surface area contributed by atoms with E-state index < -0.39 is 0 Å². The van der Waals surface area contributed by atoms with Crippen LogP contribution in [0, 0.1) is 0 Å². The van der Waals surface area contributed by atoms with Gasteiger partial charge in [0.15, 0.2) is 11.7 Å². The van der Waals surface area contributed by atoms with E-state index in [2.05, 4.69) is 41.0 Å². The number of hydrazine groups is 1. The van der Waals surface area contributed by atoms with Crippen LogP contribution in [0.1, 0.15) is 11.4 Å². The minimum absolute atomic E-state index is 0.376. The average molecular weight is 270 g/mol. The summed E-state index contributed by atoms with van der Waals surface area (Å²) in [6.07, 6.45) is 5.71. The van der Waals surface area contributed by atoms with Gasteiger partial charge in [-0.1, -0.05) is 0 Å². The number of hydrogen-bond acceptors (Lipinski definition) is 10. The van der Waals surface area contributed by atoms with Crippen molar-refractivity contribution in [3.8, 4) is 0 Å². The van der Waals surface area contributed by atoms with Crippen LogP contribution in [-0.4, -0.2) is 31.6 Å². The third-order valence-corrected chi connectivity index (χ3v) is 2.48. The fraction of sp³-hybridized carbons (Fsp3) is 0. The Morgan fingerprint density at radius 3 is 1.55 bits per heavy atom. The zero-order valence-electron chi connectivity index (χ0n) is 10.1. The van der Waals surface area contributed by atoms with Crippen molar-refractivity contribution in [1.29, 1.82) is 0 Å². The summed E-state index contributed by atoms with van der Waals surface area (Å²) in [5, 5.41) is 8.01. The number of anilines is 2. The average Bonchev–Trinajstić information content (AvgIpc) is 2.49. The van der Waals surface area contributed by atoms with Crippen molar-refractivity contribution in [2.24, 2.45) is 10.2 Å². The van der Waals surface area contributed by atoms with Gasteiger partial charge in [-0.15, -0.1) is 10.2 Å². The Balaban J connectivity index is 1.94. The van der Waals surface area contributed by atoms with E-state index in [1.54, 1.807) is 0 Å². The van der Waals surface area contributed by atoms with Gasteiger partial charge < -0.3 is 11.5 Å². The predicted octanol–water partition coefficient (Wildman–Crippen LogP) is -1.35. The molecule has 0 saturated heterocycles. The van der Waals surface area contributed by atoms with Crippen molar-refractivity contribution in [2.75, 3.05) is 11.5 Å². The maximum Gasteiger partial charge on any atom is 0.195 e. The number of nitrogens with zero attached hydrogens (tertiary/aromatic N) is 6. The van der Waals surface area contributed by atoms with Crippen LogP contribution in [0.25, 0.3) is 0 Å². The van der Waals surface area contributed by atoms with Gasteiger partial charge in [0.1, 0.15) is 24.0 Å². The van der Waals surface area contributed by atoms with Gasteiger partial charge in [0.25, 0.3) is 0 Å². The van der Waals surface area contributed by atoms with E-state index in [1.807, 2.05) is 0 Å². The molecule has 3 heterocycles. The lowest BCUT2D eigenvalue weighted by Gasteiger charge is -2.17. The van der Waals surface area contributed by atoms with Crippen molar-refractivity contribution in [3.05, 3.63) is 36.4 Å². The highest BCUT2D eigenvalue weighted by Gasteiger charge is 2.17. The Hall–Kier alpha value is -3.30. The molecule has 100 valence electrons. The maximum absolute atomic E-state index is 5.76. The van der Waals surface area contributed by atoms with Gasteiger partial charge in [-0.05, 0) is 0 Å². The Kier molecular flexibility index (Phi) is 2.80. The molecule has 0 bridgehead atoms. The molecule has 0 spiro atoms. The van der Waals surface area contributed by atoms with Crippen LogP contribution >= 0.6 is 0 Å². The van der Waals surface area contributed by atoms with Gasteiger partial charge in [0.05, 0.1) is 23.8 Å². The molecule has 0 unspecified atom stereocenters. The standard InChI is InChI=1S/C10H10N10/c11-5-1-13-3-15-7(5)9-17-19-10(20-18-9)8-6(12)2-14-4-16-8/h1-4H,11-12H2,(H,17,18)(H,19,20). The van der Waals surface area contributed by atoms with E-state index in [0.29, 0.717) is 34.4 Å². The Labute approximate surface area is 113 Å². The molecule has 2 aromatic rings. The third kappa shape index (κ3) is 2.05. The Morgan fingerprint density at radius 1 is 0.750 bits per heavy atom. The molecular weight excluding hydrogens is 260 g/mol. The highest BCUT2D eigenvalue weighted by Crippen LogP contribution is 2.10. The highest BCUT2D eigenvalue weighted by molar-refractivity contribution is 6.07. The molecule has 10 nitrogen and oxygen atoms in total. The van der Waals surface area contributed by atoms with Crippen molar-refractivity contribution < 1.29 is 0 Å². The maximum atomic E-state index is 5.76. The van der Waals surface area contributed by atoms with Crippen LogP contribution in [-0.2, 0) is 0 Å². The predicted molar refractivity (Wildman–Crippen MR) is 72.2 cm³/mol. The van der Waals surface area contributed by atoms with Crippen molar-refractivity contribution in [2.45, 2.75) is 0 Å². The minimum atomic E-state index is 0.376. The Morgan fingerprint density at radius 2 is 1.20 bits per heavy atom. The summed E-state index contributed by atoms with van der Waals surface area (Å²) in [4.78, 5) is 15.7. The molecule has 0 aliphatic carbocycles. The number of rotatable bonds is 2. The summed E-state index contributed by atoms with van der Waals surface area (Å²) in [7, 11) is 0. The molecule has 0 radical (unpaired) electrons. The van der Waals surface area contributed by atoms with Crippen LogP contribution < -0.4 is 22.3 Å². The fourth-order valence-electron chi connectivity index (χ4n) is 1.56. The molecule has 0 atom stereocenters. The lowest BCUT2D eigenvalue weighted by atomic mass is 10.3. The number of hydrogen-bond donors (Lipinski definition) is 4. The molecule has 10 heteroatoms. The number of amidine groups is 2. The molecule has 2 aromatic heterocycles. The monoisotopic (exact) mass is 270 g/mol. The SMILES string of the molecule is Nc1cncnc1C1=NN=C(c2ncncc2N)NN1. The quantitative estimate of drug-likeness (QED) is 0.522. The second-order valence-corrected chi connectivity index (χ2v) is 3.80. The first-order chi connectivity index (χ1) is 9.75. The summed E-state index contributed by atoms with van der Waals surface area (Å²) in [6.45, 7) is 0. The molecule has 0 saturated carbocycles. The second kappa shape index (κ2) is 4.76. The normalized spacial score (nSPS) is 13.8. The first-order valence-corrected chi connectivity index (χ1v) is 5.55. The van der Waals surface area contributed by atoms with E-state index in [-0.39, 0.29) is 0 Å². The zero-order valence-corrected chi connectivity index (χ0v) is 10.1. The molecule has 1 aliphatic rings. The smallest absolute Gasteiger partial charge is 0.195 e. The molecule has 1 aliphatic heterocycles. The van der Waals surface area contributed by atoms with Crippen LogP contribution in [0.2, 0.25) is 0 Å². The molecule has 0 amide bonds. The molecule has 0 fully saturated rings. The lowest BCUT2D eigenvalue weighted by molar-refractivity contribution is 0.816. The van der Waals surface area contributed by atoms with Gasteiger partial charge in [-0.3, -0.25) is 10.9 Å². The van der Waals surface area contributed by atoms with Crippen LogP contribution in [0.4, 0.5) is 11.4 Å². The van der Waals surface area contributed by atoms with Gasteiger partial charge in [0, 0.05) is 0 Å². The first-order valence-electron chi connectivity index (χ1n) is 5.55. The summed E-state index contributed by atoms with van der Waals surface area (Å²) in [6, 6.07) is 0. The third-order valence-electron chi connectivity index (χ3n) is 2.48. The largest absolute Gasteiger partial charge is 0.396 e. The van der Waals surface area contributed by atoms with E-state index >= 15 is 0 Å². The number of nitrogens with one attached hydrogen (secondary N) is 2. The van der Waals surface area contributed by atoms with Gasteiger partial charge in [0.2, 0.25) is 0 Å². The van der Waals surface area contributed by atoms with E-state index in [0.717, 1.165) is 0 Å². The van der Waals surface area contributed by atoms with Crippen molar-refractivity contribution >= 4 is 23.0 Å². The van der Waals surface area contributed by atoms with Gasteiger partial charge in [-0.2, -0.15) is 0 Å². The lowest BCUT2D eigenvalue weighted by Crippen LogP contribution is -2.46. The summed E-state index contributed by atoms with van der Waals surface area (Å²) < 4.78 is 0. The Bertz CT molecular complexity index is 645. The van der Waals surface area contributed by atoms with Crippen LogP contribution in [0.5, 0.6) is 0 Å². The minimum Gasteiger partial charge on any atom is -0.396 e. The zero-order chi connectivity index (χ0) is 13.9. The molecule has 0 aromatic carbocycles. The van der Waals surface area contributed by atoms with Gasteiger partial charge >= 0.3 is 0 Å². The summed E-state index contributed by atoms with van der Waals surface area (Å²) in [5.41, 5.74) is 18.9. The summed E-state index contributed by atoms with van der Waals surface area (Å²) >= 11 is 0. The second-order valence-electron chi connectivity index (χ2n) is 3.80. The number of aromatic nitrogens is 4. The highest BCUT2D eigenvalue weighted by atomic mass is 15.5. The fourth-order valence-corrected chi connectivity index (χ4v) is 1.56.